The molecule has 1 aromatic carbocycles. The van der Waals surface area contributed by atoms with E-state index >= 15 is 0 Å². The molecule has 0 spiro atoms. The first-order valence-corrected chi connectivity index (χ1v) is 7.86. The van der Waals surface area contributed by atoms with Crippen LogP contribution in [0.3, 0.4) is 0 Å². The Bertz CT molecular complexity index is 637. The van der Waals surface area contributed by atoms with Gasteiger partial charge in [-0.05, 0) is 48.8 Å². The van der Waals surface area contributed by atoms with Crippen LogP contribution in [0.2, 0.25) is 0 Å². The number of anilines is 1. The maximum atomic E-state index is 12.0. The van der Waals surface area contributed by atoms with Gasteiger partial charge in [-0.1, -0.05) is 30.3 Å². The van der Waals surface area contributed by atoms with Crippen LogP contribution in [0.5, 0.6) is 0 Å². The third kappa shape index (κ3) is 3.30. The van der Waals surface area contributed by atoms with Crippen LogP contribution in [0.25, 0.3) is 0 Å². The third-order valence-electron chi connectivity index (χ3n) is 4.17. The van der Waals surface area contributed by atoms with Crippen molar-refractivity contribution >= 4 is 11.8 Å². The Kier molecular flexibility index (Phi) is 4.42. The Morgan fingerprint density at radius 1 is 1.27 bits per heavy atom. The van der Waals surface area contributed by atoms with Gasteiger partial charge in [-0.3, -0.25) is 5.32 Å². The third-order valence-corrected chi connectivity index (χ3v) is 4.17. The number of fused-ring (bicyclic) bond motifs is 1. The highest BCUT2D eigenvalue weighted by Crippen LogP contribution is 2.26. The summed E-state index contributed by atoms with van der Waals surface area (Å²) >= 11 is 0. The topological polar surface area (TPSA) is 67.2 Å². The number of carbonyl (C=O) groups is 1. The largest absolute Gasteiger partial charge is 0.363 e. The average Bonchev–Trinajstić information content (AvgIpc) is 3.05. The number of amides is 2. The monoisotopic (exact) mass is 299 g/mol. The summed E-state index contributed by atoms with van der Waals surface area (Å²) in [6, 6.07) is 7.94. The summed E-state index contributed by atoms with van der Waals surface area (Å²) in [4.78, 5) is 12.0. The van der Waals surface area contributed by atoms with Gasteiger partial charge in [-0.2, -0.15) is 0 Å². The van der Waals surface area contributed by atoms with Crippen LogP contribution in [0.4, 0.5) is 10.6 Å². The number of aromatic nitrogens is 1. The van der Waals surface area contributed by atoms with E-state index in [9.17, 15) is 4.79 Å². The molecule has 0 aliphatic heterocycles. The van der Waals surface area contributed by atoms with E-state index < -0.39 is 0 Å². The van der Waals surface area contributed by atoms with Crippen LogP contribution < -0.4 is 10.6 Å². The molecule has 5 heteroatoms. The van der Waals surface area contributed by atoms with Gasteiger partial charge in [0.1, 0.15) is 6.26 Å². The Morgan fingerprint density at radius 2 is 2.09 bits per heavy atom. The van der Waals surface area contributed by atoms with Crippen molar-refractivity contribution in [3.63, 3.8) is 0 Å². The van der Waals surface area contributed by atoms with Crippen LogP contribution in [0.1, 0.15) is 48.9 Å². The van der Waals surface area contributed by atoms with Crippen LogP contribution in [-0.2, 0) is 12.8 Å². The molecule has 5 nitrogen and oxygen atoms in total. The van der Waals surface area contributed by atoms with Gasteiger partial charge in [-0.25, -0.2) is 4.79 Å². The van der Waals surface area contributed by atoms with Gasteiger partial charge in [0.15, 0.2) is 5.82 Å². The van der Waals surface area contributed by atoms with Crippen molar-refractivity contribution in [2.75, 3.05) is 5.32 Å². The van der Waals surface area contributed by atoms with Crippen molar-refractivity contribution in [2.24, 2.45) is 0 Å². The first-order chi connectivity index (χ1) is 10.8. The van der Waals surface area contributed by atoms with Gasteiger partial charge in [0.2, 0.25) is 0 Å². The molecule has 0 fully saturated rings. The van der Waals surface area contributed by atoms with Crippen molar-refractivity contribution in [1.29, 1.82) is 0 Å². The van der Waals surface area contributed by atoms with Crippen LogP contribution in [-0.4, -0.2) is 11.2 Å². The summed E-state index contributed by atoms with van der Waals surface area (Å²) in [7, 11) is 0. The zero-order valence-electron chi connectivity index (χ0n) is 12.8. The summed E-state index contributed by atoms with van der Waals surface area (Å²) in [6.07, 6.45) is 7.12. The quantitative estimate of drug-likeness (QED) is 0.901. The molecule has 1 heterocycles. The average molecular weight is 299 g/mol. The number of nitrogens with one attached hydrogen (secondary N) is 2. The summed E-state index contributed by atoms with van der Waals surface area (Å²) in [5.41, 5.74) is 4.05. The van der Waals surface area contributed by atoms with E-state index in [1.807, 2.05) is 0 Å². The van der Waals surface area contributed by atoms with Gasteiger partial charge < -0.3 is 9.84 Å². The summed E-state index contributed by atoms with van der Waals surface area (Å²) in [5, 5.41) is 9.33. The van der Waals surface area contributed by atoms with Gasteiger partial charge in [-0.15, -0.1) is 0 Å². The standard InChI is InChI=1S/C17H21N3O2/c1-2-15(18-17(21)19-16-9-10-22-20-16)14-8-7-12-5-3-4-6-13(12)11-14/h7-11,15H,2-6H2,1H3,(H2,18,19,20,21). The zero-order valence-corrected chi connectivity index (χ0v) is 12.8. The molecule has 1 unspecified atom stereocenters. The van der Waals surface area contributed by atoms with Crippen molar-refractivity contribution < 1.29 is 9.32 Å². The van der Waals surface area contributed by atoms with Crippen molar-refractivity contribution in [3.05, 3.63) is 47.2 Å². The lowest BCUT2D eigenvalue weighted by atomic mass is 9.89. The predicted octanol–water partition coefficient (Wildman–Crippen LogP) is 3.83. The van der Waals surface area contributed by atoms with Crippen molar-refractivity contribution in [2.45, 2.75) is 45.1 Å². The second-order valence-electron chi connectivity index (χ2n) is 5.68. The summed E-state index contributed by atoms with van der Waals surface area (Å²) in [5.74, 6) is 0.415. The summed E-state index contributed by atoms with van der Waals surface area (Å²) in [6.45, 7) is 2.07. The number of hydrogen-bond acceptors (Lipinski definition) is 3. The van der Waals surface area contributed by atoms with E-state index in [0.717, 1.165) is 12.8 Å². The van der Waals surface area contributed by atoms with E-state index in [0.29, 0.717) is 5.82 Å². The maximum absolute atomic E-state index is 12.0. The van der Waals surface area contributed by atoms with Gasteiger partial charge in [0.25, 0.3) is 0 Å². The normalized spacial score (nSPS) is 15.0. The smallest absolute Gasteiger partial charge is 0.320 e. The lowest BCUT2D eigenvalue weighted by Gasteiger charge is -2.21. The highest BCUT2D eigenvalue weighted by Gasteiger charge is 2.16. The first kappa shape index (κ1) is 14.6. The van der Waals surface area contributed by atoms with Crippen LogP contribution in [0.15, 0.2) is 35.1 Å². The van der Waals surface area contributed by atoms with Crippen molar-refractivity contribution in [3.8, 4) is 0 Å². The molecule has 1 aromatic heterocycles. The number of aryl methyl sites for hydroxylation is 2. The molecule has 2 aromatic rings. The molecule has 1 aliphatic rings. The van der Waals surface area contributed by atoms with Gasteiger partial charge in [0, 0.05) is 6.07 Å². The molecule has 3 rings (SSSR count). The molecular formula is C17H21N3O2. The lowest BCUT2D eigenvalue weighted by Crippen LogP contribution is -2.32. The number of rotatable bonds is 4. The second-order valence-corrected chi connectivity index (χ2v) is 5.68. The fourth-order valence-corrected chi connectivity index (χ4v) is 2.98. The first-order valence-electron chi connectivity index (χ1n) is 7.86. The molecular weight excluding hydrogens is 278 g/mol. The zero-order chi connectivity index (χ0) is 15.4. The molecule has 116 valence electrons. The van der Waals surface area contributed by atoms with Crippen LogP contribution in [0, 0.1) is 0 Å². The molecule has 0 bridgehead atoms. The lowest BCUT2D eigenvalue weighted by molar-refractivity contribution is 0.248. The molecule has 0 saturated carbocycles. The molecule has 1 atom stereocenters. The predicted molar refractivity (Wildman–Crippen MR) is 84.8 cm³/mol. The maximum Gasteiger partial charge on any atom is 0.320 e. The number of benzene rings is 1. The molecule has 2 N–H and O–H groups in total. The highest BCUT2D eigenvalue weighted by atomic mass is 16.5. The fraction of sp³-hybridized carbons (Fsp3) is 0.412. The Labute approximate surface area is 130 Å². The Hall–Kier alpha value is -2.30. The van der Waals surface area contributed by atoms with Gasteiger partial charge >= 0.3 is 6.03 Å². The highest BCUT2D eigenvalue weighted by molar-refractivity contribution is 5.88. The number of nitrogens with zero attached hydrogens (tertiary/aromatic N) is 1. The SMILES string of the molecule is CCC(NC(=O)Nc1ccon1)c1ccc2c(c1)CCCC2. The number of urea groups is 1. The Morgan fingerprint density at radius 3 is 2.82 bits per heavy atom. The molecule has 0 saturated heterocycles. The van der Waals surface area contributed by atoms with E-state index in [1.165, 1.54) is 42.2 Å². The van der Waals surface area contributed by atoms with Crippen LogP contribution >= 0.6 is 0 Å². The molecule has 1 aliphatic carbocycles. The minimum Gasteiger partial charge on any atom is -0.363 e. The summed E-state index contributed by atoms with van der Waals surface area (Å²) < 4.78 is 4.70. The number of carbonyl (C=O) groups excluding carboxylic acids is 1. The van der Waals surface area contributed by atoms with E-state index in [-0.39, 0.29) is 12.1 Å². The fourth-order valence-electron chi connectivity index (χ4n) is 2.98. The Balaban J connectivity index is 1.69. The number of hydrogen-bond donors (Lipinski definition) is 2. The van der Waals surface area contributed by atoms with Gasteiger partial charge in [0.05, 0.1) is 6.04 Å². The molecule has 22 heavy (non-hydrogen) atoms. The second kappa shape index (κ2) is 6.64. The molecule has 2 amide bonds. The van der Waals surface area contributed by atoms with E-state index in [4.69, 9.17) is 4.52 Å². The van der Waals surface area contributed by atoms with E-state index in [2.05, 4.69) is 40.9 Å². The minimum absolute atomic E-state index is 0.000808. The van der Waals surface area contributed by atoms with Crippen molar-refractivity contribution in [1.82, 2.24) is 10.5 Å². The van der Waals surface area contributed by atoms with E-state index in [1.54, 1.807) is 6.07 Å². The minimum atomic E-state index is -0.265. The molecule has 0 radical (unpaired) electrons.